The van der Waals surface area contributed by atoms with Gasteiger partial charge in [-0.1, -0.05) is 0 Å². The third kappa shape index (κ3) is 6.46. The van der Waals surface area contributed by atoms with Crippen molar-refractivity contribution in [2.45, 2.75) is 33.2 Å². The van der Waals surface area contributed by atoms with Gasteiger partial charge in [0.15, 0.2) is 5.96 Å². The fourth-order valence-electron chi connectivity index (χ4n) is 2.22. The van der Waals surface area contributed by atoms with Crippen LogP contribution < -0.4 is 10.6 Å². The summed E-state index contributed by atoms with van der Waals surface area (Å²) in [4.78, 5) is 9.95. The molecule has 0 saturated carbocycles. The monoisotopic (exact) mass is 448 g/mol. The van der Waals surface area contributed by atoms with E-state index in [0.29, 0.717) is 0 Å². The fourth-order valence-corrected chi connectivity index (χ4v) is 3.10. The summed E-state index contributed by atoms with van der Waals surface area (Å²) >= 11 is 1.73. The molecule has 0 radical (unpaired) electrons. The average molecular weight is 448 g/mol. The van der Waals surface area contributed by atoms with Gasteiger partial charge in [0, 0.05) is 31.7 Å². The van der Waals surface area contributed by atoms with Crippen LogP contribution in [0.25, 0.3) is 0 Å². The van der Waals surface area contributed by atoms with E-state index in [0.717, 1.165) is 42.6 Å². The lowest BCUT2D eigenvalue weighted by atomic mass is 10.2. The van der Waals surface area contributed by atoms with Crippen molar-refractivity contribution in [3.05, 3.63) is 33.5 Å². The highest BCUT2D eigenvalue weighted by atomic mass is 127. The zero-order valence-corrected chi connectivity index (χ0v) is 17.2. The number of hydrogen-bond acceptors (Lipinski definition) is 4. The lowest BCUT2D eigenvalue weighted by molar-refractivity contribution is 0.740. The maximum absolute atomic E-state index is 4.44. The van der Waals surface area contributed by atoms with Gasteiger partial charge in [-0.05, 0) is 32.3 Å². The molecular weight excluding hydrogens is 423 g/mol. The van der Waals surface area contributed by atoms with Gasteiger partial charge in [0.1, 0.15) is 0 Å². The molecule has 2 rings (SSSR count). The van der Waals surface area contributed by atoms with Gasteiger partial charge in [-0.25, -0.2) is 4.98 Å². The molecule has 2 heterocycles. The summed E-state index contributed by atoms with van der Waals surface area (Å²) < 4.78 is 1.84. The summed E-state index contributed by atoms with van der Waals surface area (Å²) in [7, 11) is 3.73. The number of thiazole rings is 1. The number of aryl methyl sites for hydroxylation is 4. The van der Waals surface area contributed by atoms with E-state index in [1.165, 1.54) is 10.4 Å². The first-order valence-electron chi connectivity index (χ1n) is 7.43. The second kappa shape index (κ2) is 9.86. The Labute approximate surface area is 158 Å². The van der Waals surface area contributed by atoms with Crippen molar-refractivity contribution in [3.63, 3.8) is 0 Å². The molecule has 0 aliphatic rings. The number of aliphatic imine (C=N–C) groups is 1. The molecular formula is C15H25IN6S. The topological polar surface area (TPSA) is 67.1 Å². The lowest BCUT2D eigenvalue weighted by Crippen LogP contribution is -2.37. The van der Waals surface area contributed by atoms with Crippen molar-refractivity contribution in [2.75, 3.05) is 13.6 Å². The van der Waals surface area contributed by atoms with E-state index in [4.69, 9.17) is 0 Å². The van der Waals surface area contributed by atoms with Gasteiger partial charge in [-0.15, -0.1) is 35.3 Å². The Morgan fingerprint density at radius 1 is 1.35 bits per heavy atom. The SMILES string of the molecule is CN=C(NCCCc1cnn(C)c1)NCc1sc(C)nc1C.I. The van der Waals surface area contributed by atoms with Gasteiger partial charge >= 0.3 is 0 Å². The lowest BCUT2D eigenvalue weighted by Gasteiger charge is -2.11. The van der Waals surface area contributed by atoms with Crippen molar-refractivity contribution in [2.24, 2.45) is 12.0 Å². The molecule has 0 atom stereocenters. The highest BCUT2D eigenvalue weighted by Gasteiger charge is 2.05. The second-order valence-electron chi connectivity index (χ2n) is 5.22. The van der Waals surface area contributed by atoms with Gasteiger partial charge in [0.25, 0.3) is 0 Å². The zero-order chi connectivity index (χ0) is 15.9. The first-order chi connectivity index (χ1) is 10.6. The van der Waals surface area contributed by atoms with Crippen LogP contribution in [0.3, 0.4) is 0 Å². The first-order valence-corrected chi connectivity index (χ1v) is 8.25. The quantitative estimate of drug-likeness (QED) is 0.308. The van der Waals surface area contributed by atoms with Crippen LogP contribution >= 0.6 is 35.3 Å². The Balaban J connectivity index is 0.00000264. The standard InChI is InChI=1S/C15H24N6S.HI/c1-11-14(22-12(2)20-11)9-18-15(16-3)17-7-5-6-13-8-19-21(4)10-13;/h8,10H,5-7,9H2,1-4H3,(H2,16,17,18);1H. The van der Waals surface area contributed by atoms with Crippen LogP contribution in [0.5, 0.6) is 0 Å². The molecule has 2 N–H and O–H groups in total. The zero-order valence-electron chi connectivity index (χ0n) is 14.1. The third-order valence-corrected chi connectivity index (χ3v) is 4.41. The van der Waals surface area contributed by atoms with Gasteiger partial charge in [-0.2, -0.15) is 5.10 Å². The minimum absolute atomic E-state index is 0. The Morgan fingerprint density at radius 3 is 2.70 bits per heavy atom. The average Bonchev–Trinajstić information content (AvgIpc) is 3.03. The van der Waals surface area contributed by atoms with E-state index in [1.807, 2.05) is 31.8 Å². The third-order valence-electron chi connectivity index (χ3n) is 3.33. The van der Waals surface area contributed by atoms with Crippen molar-refractivity contribution < 1.29 is 0 Å². The summed E-state index contributed by atoms with van der Waals surface area (Å²) in [6.07, 6.45) is 6.04. The van der Waals surface area contributed by atoms with Crippen LogP contribution in [0, 0.1) is 13.8 Å². The van der Waals surface area contributed by atoms with Crippen LogP contribution in [-0.2, 0) is 20.0 Å². The molecule has 2 aromatic heterocycles. The Hall–Kier alpha value is -1.16. The molecule has 0 aromatic carbocycles. The number of nitrogens with one attached hydrogen (secondary N) is 2. The van der Waals surface area contributed by atoms with Crippen LogP contribution in [0.2, 0.25) is 0 Å². The Morgan fingerprint density at radius 2 is 2.13 bits per heavy atom. The van der Waals surface area contributed by atoms with E-state index >= 15 is 0 Å². The molecule has 0 aliphatic carbocycles. The number of nitrogens with zero attached hydrogens (tertiary/aromatic N) is 4. The largest absolute Gasteiger partial charge is 0.356 e. The summed E-state index contributed by atoms with van der Waals surface area (Å²) in [5, 5.41) is 12.0. The summed E-state index contributed by atoms with van der Waals surface area (Å²) in [6.45, 7) is 5.73. The van der Waals surface area contributed by atoms with Crippen molar-refractivity contribution in [1.82, 2.24) is 25.4 Å². The number of aromatic nitrogens is 3. The van der Waals surface area contributed by atoms with Crippen LogP contribution in [0.15, 0.2) is 17.4 Å². The van der Waals surface area contributed by atoms with E-state index in [9.17, 15) is 0 Å². The molecule has 2 aromatic rings. The van der Waals surface area contributed by atoms with E-state index in [-0.39, 0.29) is 24.0 Å². The highest BCUT2D eigenvalue weighted by Crippen LogP contribution is 2.16. The number of guanidine groups is 1. The predicted molar refractivity (Wildman–Crippen MR) is 107 cm³/mol. The normalized spacial score (nSPS) is 11.2. The maximum atomic E-state index is 4.44. The molecule has 0 spiro atoms. The second-order valence-corrected chi connectivity index (χ2v) is 6.51. The molecule has 23 heavy (non-hydrogen) atoms. The van der Waals surface area contributed by atoms with Gasteiger partial charge in [0.05, 0.1) is 23.4 Å². The van der Waals surface area contributed by atoms with Crippen molar-refractivity contribution in [1.29, 1.82) is 0 Å². The fraction of sp³-hybridized carbons (Fsp3) is 0.533. The van der Waals surface area contributed by atoms with E-state index in [1.54, 1.807) is 18.4 Å². The molecule has 0 unspecified atom stereocenters. The molecule has 0 amide bonds. The number of hydrogen-bond donors (Lipinski definition) is 2. The van der Waals surface area contributed by atoms with Crippen molar-refractivity contribution in [3.8, 4) is 0 Å². The smallest absolute Gasteiger partial charge is 0.191 e. The van der Waals surface area contributed by atoms with Crippen molar-refractivity contribution >= 4 is 41.3 Å². The molecule has 0 saturated heterocycles. The number of rotatable bonds is 6. The molecule has 0 fully saturated rings. The summed E-state index contributed by atoms with van der Waals surface area (Å²) in [6, 6.07) is 0. The molecule has 0 aliphatic heterocycles. The molecule has 0 bridgehead atoms. The number of halogens is 1. The first kappa shape index (κ1) is 19.9. The van der Waals surface area contributed by atoms with Gasteiger partial charge in [0.2, 0.25) is 0 Å². The molecule has 8 heteroatoms. The minimum Gasteiger partial charge on any atom is -0.356 e. The van der Waals surface area contributed by atoms with Crippen LogP contribution in [0.4, 0.5) is 0 Å². The maximum Gasteiger partial charge on any atom is 0.191 e. The Bertz CT molecular complexity index is 634. The van der Waals surface area contributed by atoms with Gasteiger partial charge in [-0.3, -0.25) is 9.67 Å². The summed E-state index contributed by atoms with van der Waals surface area (Å²) in [5.41, 5.74) is 2.37. The Kier molecular flexibility index (Phi) is 8.53. The van der Waals surface area contributed by atoms with Crippen LogP contribution in [-0.4, -0.2) is 34.3 Å². The predicted octanol–water partition coefficient (Wildman–Crippen LogP) is 2.41. The van der Waals surface area contributed by atoms with Crippen LogP contribution in [0.1, 0.15) is 27.6 Å². The van der Waals surface area contributed by atoms with E-state index < -0.39 is 0 Å². The van der Waals surface area contributed by atoms with E-state index in [2.05, 4.69) is 31.9 Å². The molecule has 128 valence electrons. The summed E-state index contributed by atoms with van der Waals surface area (Å²) in [5.74, 6) is 0.830. The highest BCUT2D eigenvalue weighted by molar-refractivity contribution is 14.0. The molecule has 6 nitrogen and oxygen atoms in total. The van der Waals surface area contributed by atoms with Gasteiger partial charge < -0.3 is 10.6 Å². The minimum atomic E-state index is 0.